The fourth-order valence-corrected chi connectivity index (χ4v) is 3.35. The van der Waals surface area contributed by atoms with Gasteiger partial charge in [-0.3, -0.25) is 9.59 Å². The van der Waals surface area contributed by atoms with Gasteiger partial charge in [-0.15, -0.1) is 0 Å². The fourth-order valence-electron chi connectivity index (χ4n) is 3.35. The number of benzene rings is 1. The van der Waals surface area contributed by atoms with E-state index in [-0.39, 0.29) is 41.9 Å². The minimum atomic E-state index is -0.824. The minimum absolute atomic E-state index is 0.0987. The number of rotatable bonds is 5. The van der Waals surface area contributed by atoms with Gasteiger partial charge in [0.05, 0.1) is 17.7 Å². The molecule has 0 spiro atoms. The summed E-state index contributed by atoms with van der Waals surface area (Å²) in [6.07, 6.45) is 2.19. The normalized spacial score (nSPS) is 19.9. The molecule has 144 valence electrons. The van der Waals surface area contributed by atoms with Crippen molar-refractivity contribution in [3.8, 4) is 11.3 Å². The van der Waals surface area contributed by atoms with Gasteiger partial charge in [0.1, 0.15) is 11.6 Å². The number of aryl methyl sites for hydroxylation is 1. The second-order valence-corrected chi connectivity index (χ2v) is 6.79. The van der Waals surface area contributed by atoms with Crippen LogP contribution < -0.4 is 0 Å². The number of halogens is 2. The van der Waals surface area contributed by atoms with Gasteiger partial charge in [0.2, 0.25) is 5.91 Å². The first-order valence-electron chi connectivity index (χ1n) is 8.76. The van der Waals surface area contributed by atoms with Crippen molar-refractivity contribution >= 4 is 11.9 Å². The summed E-state index contributed by atoms with van der Waals surface area (Å²) in [6, 6.07) is 3.17. The van der Waals surface area contributed by atoms with Crippen molar-refractivity contribution < 1.29 is 27.9 Å². The van der Waals surface area contributed by atoms with E-state index >= 15 is 0 Å². The number of amides is 1. The third kappa shape index (κ3) is 4.32. The second kappa shape index (κ2) is 7.85. The van der Waals surface area contributed by atoms with E-state index in [2.05, 4.69) is 4.98 Å². The number of carboxylic acid groups (broad SMARTS) is 1. The van der Waals surface area contributed by atoms with Crippen LogP contribution in [0, 0.1) is 23.5 Å². The monoisotopic (exact) mass is 378 g/mol. The molecule has 2 unspecified atom stereocenters. The van der Waals surface area contributed by atoms with Crippen molar-refractivity contribution in [2.24, 2.45) is 11.8 Å². The molecule has 8 heteroatoms. The highest BCUT2D eigenvalue weighted by molar-refractivity contribution is 5.77. The largest absolute Gasteiger partial charge is 0.481 e. The average molecular weight is 378 g/mol. The number of carbonyl (C=O) groups is 2. The van der Waals surface area contributed by atoms with Gasteiger partial charge in [-0.05, 0) is 24.5 Å². The standard InChI is InChI=1S/C19H20F2N2O4/c1-11-10-23(7-6-13(11)19(25)26)18(24)5-4-17-22-9-16(27-17)14-3-2-12(20)8-15(14)21/h2-3,8-9,11,13H,4-7,10H2,1H3,(H,25,26). The van der Waals surface area contributed by atoms with Gasteiger partial charge in [0.15, 0.2) is 11.7 Å². The Hall–Kier alpha value is -2.77. The van der Waals surface area contributed by atoms with Crippen LogP contribution in [0.4, 0.5) is 8.78 Å². The lowest BCUT2D eigenvalue weighted by molar-refractivity contribution is -0.148. The molecule has 2 atom stereocenters. The molecule has 1 N–H and O–H groups in total. The number of carboxylic acids is 1. The van der Waals surface area contributed by atoms with E-state index in [1.165, 1.54) is 12.3 Å². The van der Waals surface area contributed by atoms with Gasteiger partial charge in [0.25, 0.3) is 0 Å². The number of aliphatic carboxylic acids is 1. The Morgan fingerprint density at radius 1 is 1.37 bits per heavy atom. The van der Waals surface area contributed by atoms with Crippen LogP contribution in [-0.4, -0.2) is 40.0 Å². The summed E-state index contributed by atoms with van der Waals surface area (Å²) in [5.41, 5.74) is 0.103. The van der Waals surface area contributed by atoms with Crippen LogP contribution in [0.3, 0.4) is 0 Å². The molecule has 1 aliphatic rings. The van der Waals surface area contributed by atoms with Gasteiger partial charge in [-0.25, -0.2) is 13.8 Å². The molecule has 0 bridgehead atoms. The summed E-state index contributed by atoms with van der Waals surface area (Å²) >= 11 is 0. The molecule has 0 radical (unpaired) electrons. The lowest BCUT2D eigenvalue weighted by Gasteiger charge is -2.35. The third-order valence-corrected chi connectivity index (χ3v) is 4.88. The van der Waals surface area contributed by atoms with Crippen LogP contribution in [0.2, 0.25) is 0 Å². The van der Waals surface area contributed by atoms with E-state index in [1.807, 2.05) is 6.92 Å². The number of hydrogen-bond donors (Lipinski definition) is 1. The van der Waals surface area contributed by atoms with Crippen molar-refractivity contribution in [1.29, 1.82) is 0 Å². The predicted molar refractivity (Wildman–Crippen MR) is 91.7 cm³/mol. The summed E-state index contributed by atoms with van der Waals surface area (Å²) in [5.74, 6) is -2.41. The van der Waals surface area contributed by atoms with Gasteiger partial charge in [-0.2, -0.15) is 0 Å². The molecule has 0 saturated carbocycles. The molecule has 0 aliphatic carbocycles. The van der Waals surface area contributed by atoms with Crippen molar-refractivity contribution in [1.82, 2.24) is 9.88 Å². The maximum absolute atomic E-state index is 13.8. The van der Waals surface area contributed by atoms with E-state index < -0.39 is 23.5 Å². The van der Waals surface area contributed by atoms with Crippen LogP contribution >= 0.6 is 0 Å². The number of carbonyl (C=O) groups excluding carboxylic acids is 1. The maximum Gasteiger partial charge on any atom is 0.306 e. The molecule has 1 fully saturated rings. The van der Waals surface area contributed by atoms with Crippen LogP contribution in [0.15, 0.2) is 28.8 Å². The Kier molecular flexibility index (Phi) is 5.53. The van der Waals surface area contributed by atoms with E-state index in [0.717, 1.165) is 12.1 Å². The lowest BCUT2D eigenvalue weighted by atomic mass is 9.87. The smallest absolute Gasteiger partial charge is 0.306 e. The van der Waals surface area contributed by atoms with Gasteiger partial charge >= 0.3 is 5.97 Å². The quantitative estimate of drug-likeness (QED) is 0.864. The van der Waals surface area contributed by atoms with E-state index in [9.17, 15) is 18.4 Å². The zero-order valence-corrected chi connectivity index (χ0v) is 14.8. The van der Waals surface area contributed by atoms with Gasteiger partial charge in [0, 0.05) is 32.0 Å². The Morgan fingerprint density at radius 2 is 2.15 bits per heavy atom. The van der Waals surface area contributed by atoms with Gasteiger partial charge < -0.3 is 14.4 Å². The molecule has 2 aromatic rings. The van der Waals surface area contributed by atoms with Crippen LogP contribution in [-0.2, 0) is 16.0 Å². The number of nitrogens with zero attached hydrogens (tertiary/aromatic N) is 2. The molecule has 27 heavy (non-hydrogen) atoms. The van der Waals surface area contributed by atoms with E-state index in [4.69, 9.17) is 9.52 Å². The summed E-state index contributed by atoms with van der Waals surface area (Å²) in [6.45, 7) is 2.65. The Bertz CT molecular complexity index is 852. The molecular formula is C19H20F2N2O4. The number of piperidine rings is 1. The van der Waals surface area contributed by atoms with Gasteiger partial charge in [-0.1, -0.05) is 6.92 Å². The number of hydrogen-bond acceptors (Lipinski definition) is 4. The lowest BCUT2D eigenvalue weighted by Crippen LogP contribution is -2.45. The zero-order chi connectivity index (χ0) is 19.6. The molecule has 1 aliphatic heterocycles. The number of likely N-dealkylation sites (tertiary alicyclic amines) is 1. The molecule has 2 heterocycles. The van der Waals surface area contributed by atoms with Crippen molar-refractivity contribution in [2.45, 2.75) is 26.2 Å². The zero-order valence-electron chi connectivity index (χ0n) is 14.8. The van der Waals surface area contributed by atoms with Crippen molar-refractivity contribution in [2.75, 3.05) is 13.1 Å². The summed E-state index contributed by atoms with van der Waals surface area (Å²) in [4.78, 5) is 29.2. The fraction of sp³-hybridized carbons (Fsp3) is 0.421. The molecule has 6 nitrogen and oxygen atoms in total. The highest BCUT2D eigenvalue weighted by Gasteiger charge is 2.32. The predicted octanol–water partition coefficient (Wildman–Crippen LogP) is 3.12. The molecule has 1 saturated heterocycles. The van der Waals surface area contributed by atoms with Crippen LogP contribution in [0.25, 0.3) is 11.3 Å². The molecular weight excluding hydrogens is 358 g/mol. The van der Waals surface area contributed by atoms with Crippen LogP contribution in [0.5, 0.6) is 0 Å². The van der Waals surface area contributed by atoms with Crippen molar-refractivity contribution in [3.63, 3.8) is 0 Å². The van der Waals surface area contributed by atoms with Crippen molar-refractivity contribution in [3.05, 3.63) is 41.9 Å². The van der Waals surface area contributed by atoms with E-state index in [1.54, 1.807) is 4.90 Å². The topological polar surface area (TPSA) is 83.6 Å². The summed E-state index contributed by atoms with van der Waals surface area (Å²) in [5, 5.41) is 9.14. The summed E-state index contributed by atoms with van der Waals surface area (Å²) in [7, 11) is 0. The third-order valence-electron chi connectivity index (χ3n) is 4.88. The molecule has 3 rings (SSSR count). The molecule has 1 amide bonds. The summed E-state index contributed by atoms with van der Waals surface area (Å²) < 4.78 is 32.3. The highest BCUT2D eigenvalue weighted by atomic mass is 19.1. The first-order chi connectivity index (χ1) is 12.8. The first-order valence-corrected chi connectivity index (χ1v) is 8.76. The Morgan fingerprint density at radius 3 is 2.81 bits per heavy atom. The SMILES string of the molecule is CC1CN(C(=O)CCc2ncc(-c3ccc(F)cc3F)o2)CCC1C(=O)O. The number of aromatic nitrogens is 1. The highest BCUT2D eigenvalue weighted by Crippen LogP contribution is 2.26. The second-order valence-electron chi connectivity index (χ2n) is 6.79. The first kappa shape index (κ1) is 19.0. The van der Waals surface area contributed by atoms with E-state index in [0.29, 0.717) is 19.5 Å². The molecule has 1 aromatic carbocycles. The maximum atomic E-state index is 13.8. The minimum Gasteiger partial charge on any atom is -0.481 e. The Balaban J connectivity index is 1.57. The van der Waals surface area contributed by atoms with Crippen LogP contribution in [0.1, 0.15) is 25.7 Å². The number of oxazole rings is 1. The Labute approximate surface area is 154 Å². The molecule has 1 aromatic heterocycles. The average Bonchev–Trinajstić information content (AvgIpc) is 3.07.